The van der Waals surface area contributed by atoms with Gasteiger partial charge in [-0.2, -0.15) is 0 Å². The lowest BCUT2D eigenvalue weighted by atomic mass is 10.2. The molecular weight excluding hydrogens is 397 g/mol. The molecule has 1 N–H and O–H groups in total. The minimum Gasteiger partial charge on any atom is -0.443 e. The second-order valence-corrected chi connectivity index (χ2v) is 6.57. The molecule has 1 atom stereocenters. The van der Waals surface area contributed by atoms with Gasteiger partial charge in [-0.05, 0) is 47.8 Å². The summed E-state index contributed by atoms with van der Waals surface area (Å²) in [4.78, 5) is 16.0. The van der Waals surface area contributed by atoms with Crippen molar-refractivity contribution < 1.29 is 14.3 Å². The molecule has 6 nitrogen and oxygen atoms in total. The van der Waals surface area contributed by atoms with Gasteiger partial charge in [0.25, 0.3) is 0 Å². The van der Waals surface area contributed by atoms with Crippen LogP contribution >= 0.6 is 22.6 Å². The van der Waals surface area contributed by atoms with Crippen molar-refractivity contribution in [3.63, 3.8) is 0 Å². The first-order valence-electron chi connectivity index (χ1n) is 7.44. The summed E-state index contributed by atoms with van der Waals surface area (Å²) < 4.78 is 11.9. The van der Waals surface area contributed by atoms with Crippen LogP contribution in [0.1, 0.15) is 0 Å². The van der Waals surface area contributed by atoms with Crippen LogP contribution in [0.4, 0.5) is 16.2 Å². The van der Waals surface area contributed by atoms with Gasteiger partial charge in [-0.3, -0.25) is 4.90 Å². The van der Waals surface area contributed by atoms with Crippen LogP contribution in [0.3, 0.4) is 0 Å². The number of anilines is 2. The lowest BCUT2D eigenvalue weighted by Crippen LogP contribution is -2.36. The fraction of sp³-hybridized carbons (Fsp3) is 0.533. The molecule has 0 unspecified atom stereocenters. The number of hydrogen-bond donors (Lipinski definition) is 1. The summed E-state index contributed by atoms with van der Waals surface area (Å²) in [5.41, 5.74) is 2.09. The van der Waals surface area contributed by atoms with Crippen LogP contribution in [0.25, 0.3) is 0 Å². The first-order chi connectivity index (χ1) is 10.7. The highest BCUT2D eigenvalue weighted by Gasteiger charge is 2.32. The van der Waals surface area contributed by atoms with E-state index in [-0.39, 0.29) is 12.2 Å². The minimum atomic E-state index is -0.268. The van der Waals surface area contributed by atoms with Crippen molar-refractivity contribution in [1.29, 1.82) is 0 Å². The number of ether oxygens (including phenoxy) is 2. The summed E-state index contributed by atoms with van der Waals surface area (Å²) in [7, 11) is 1.86. The third-order valence-electron chi connectivity index (χ3n) is 3.90. The number of nitrogens with zero attached hydrogens (tertiary/aromatic N) is 2. The van der Waals surface area contributed by atoms with Crippen molar-refractivity contribution >= 4 is 40.1 Å². The number of hydrogen-bond acceptors (Lipinski definition) is 5. The van der Waals surface area contributed by atoms with Crippen LogP contribution in [-0.2, 0) is 9.47 Å². The van der Waals surface area contributed by atoms with Crippen LogP contribution in [0, 0.1) is 3.57 Å². The van der Waals surface area contributed by atoms with Crippen molar-refractivity contribution in [3.8, 4) is 0 Å². The maximum atomic E-state index is 12.0. The van der Waals surface area contributed by atoms with Crippen molar-refractivity contribution in [2.24, 2.45) is 0 Å². The Labute approximate surface area is 143 Å². The molecule has 7 heteroatoms. The van der Waals surface area contributed by atoms with E-state index < -0.39 is 0 Å². The highest BCUT2D eigenvalue weighted by molar-refractivity contribution is 14.1. The molecule has 0 radical (unpaired) electrons. The summed E-state index contributed by atoms with van der Waals surface area (Å²) in [6, 6.07) is 6.13. The van der Waals surface area contributed by atoms with Crippen LogP contribution in [0.5, 0.6) is 0 Å². The van der Waals surface area contributed by atoms with Crippen LogP contribution in [-0.4, -0.2) is 58.6 Å². The van der Waals surface area contributed by atoms with Gasteiger partial charge in [0.05, 0.1) is 25.4 Å². The molecule has 2 fully saturated rings. The predicted octanol–water partition coefficient (Wildman–Crippen LogP) is 1.67. The zero-order valence-electron chi connectivity index (χ0n) is 12.5. The van der Waals surface area contributed by atoms with Gasteiger partial charge in [-0.25, -0.2) is 4.79 Å². The van der Waals surface area contributed by atoms with Crippen molar-refractivity contribution in [3.05, 3.63) is 21.8 Å². The van der Waals surface area contributed by atoms with Gasteiger partial charge in [0.2, 0.25) is 0 Å². The summed E-state index contributed by atoms with van der Waals surface area (Å²) in [6.07, 6.45) is -0.357. The number of cyclic esters (lactones) is 1. The van der Waals surface area contributed by atoms with Gasteiger partial charge in [0.15, 0.2) is 0 Å². The van der Waals surface area contributed by atoms with E-state index in [1.54, 1.807) is 4.90 Å². The fourth-order valence-corrected chi connectivity index (χ4v) is 3.63. The summed E-state index contributed by atoms with van der Waals surface area (Å²) in [5, 5.41) is 3.04. The van der Waals surface area contributed by atoms with Crippen LogP contribution in [0.15, 0.2) is 18.2 Å². The molecule has 0 saturated carbocycles. The molecule has 2 heterocycles. The van der Waals surface area contributed by atoms with Gasteiger partial charge in [-0.15, -0.1) is 0 Å². The third kappa shape index (κ3) is 3.31. The molecule has 0 aliphatic carbocycles. The Morgan fingerprint density at radius 1 is 1.36 bits per heavy atom. The number of nitrogens with one attached hydrogen (secondary N) is 1. The highest BCUT2D eigenvalue weighted by atomic mass is 127. The monoisotopic (exact) mass is 417 g/mol. The van der Waals surface area contributed by atoms with Gasteiger partial charge in [0, 0.05) is 28.9 Å². The molecule has 0 bridgehead atoms. The molecule has 1 aromatic rings. The number of carbonyl (C=O) groups excluding carboxylic acids is 1. The zero-order chi connectivity index (χ0) is 15.5. The number of morpholine rings is 1. The van der Waals surface area contributed by atoms with E-state index >= 15 is 0 Å². The Morgan fingerprint density at radius 2 is 2.14 bits per heavy atom. The van der Waals surface area contributed by atoms with E-state index in [1.807, 2.05) is 19.2 Å². The normalized spacial score (nSPS) is 22.1. The second-order valence-electron chi connectivity index (χ2n) is 5.41. The Hall–Kier alpha value is -1.06. The first kappa shape index (κ1) is 15.8. The van der Waals surface area contributed by atoms with Crippen molar-refractivity contribution in [2.75, 3.05) is 56.2 Å². The predicted molar refractivity (Wildman–Crippen MR) is 93.7 cm³/mol. The Balaban J connectivity index is 1.75. The number of likely N-dealkylation sites (N-methyl/N-ethyl adjacent to an activating group) is 1. The topological polar surface area (TPSA) is 54.0 Å². The van der Waals surface area contributed by atoms with E-state index in [2.05, 4.69) is 38.9 Å². The molecule has 0 spiro atoms. The lowest BCUT2D eigenvalue weighted by Gasteiger charge is -2.30. The number of benzene rings is 1. The molecule has 1 aromatic carbocycles. The Kier molecular flexibility index (Phi) is 5.04. The summed E-state index contributed by atoms with van der Waals surface area (Å²) in [5.74, 6) is 0. The highest BCUT2D eigenvalue weighted by Crippen LogP contribution is 2.30. The molecule has 22 heavy (non-hydrogen) atoms. The molecule has 3 rings (SSSR count). The second kappa shape index (κ2) is 7.01. The molecule has 2 aliphatic heterocycles. The lowest BCUT2D eigenvalue weighted by molar-refractivity contribution is 0.122. The molecule has 1 amide bonds. The van der Waals surface area contributed by atoms with Gasteiger partial charge in [0.1, 0.15) is 6.10 Å². The number of halogens is 1. The Morgan fingerprint density at radius 3 is 2.82 bits per heavy atom. The smallest absolute Gasteiger partial charge is 0.414 e. The van der Waals surface area contributed by atoms with Crippen molar-refractivity contribution in [2.45, 2.75) is 6.10 Å². The SMILES string of the molecule is CNC[C@H]1CN(c2ccc(N3CCOCC3)c(I)c2)C(=O)O1. The first-order valence-corrected chi connectivity index (χ1v) is 8.52. The van der Waals surface area contributed by atoms with E-state index in [1.165, 1.54) is 5.69 Å². The molecule has 2 aliphatic rings. The largest absolute Gasteiger partial charge is 0.443 e. The molecule has 120 valence electrons. The fourth-order valence-electron chi connectivity index (χ4n) is 2.79. The van der Waals surface area contributed by atoms with E-state index in [0.29, 0.717) is 13.1 Å². The number of amides is 1. The van der Waals surface area contributed by atoms with Crippen LogP contribution < -0.4 is 15.1 Å². The number of carbonyl (C=O) groups is 1. The third-order valence-corrected chi connectivity index (χ3v) is 4.76. The zero-order valence-corrected chi connectivity index (χ0v) is 14.7. The van der Waals surface area contributed by atoms with Gasteiger partial charge < -0.3 is 19.7 Å². The average Bonchev–Trinajstić information content (AvgIpc) is 2.89. The molecular formula is C15H20IN3O3. The van der Waals surface area contributed by atoms with E-state index in [4.69, 9.17) is 9.47 Å². The van der Waals surface area contributed by atoms with E-state index in [0.717, 1.165) is 35.6 Å². The summed E-state index contributed by atoms with van der Waals surface area (Å²) >= 11 is 2.33. The quantitative estimate of drug-likeness (QED) is 0.756. The van der Waals surface area contributed by atoms with Gasteiger partial charge >= 0.3 is 6.09 Å². The maximum absolute atomic E-state index is 12.0. The average molecular weight is 417 g/mol. The summed E-state index contributed by atoms with van der Waals surface area (Å²) in [6.45, 7) is 4.61. The Bertz CT molecular complexity index is 549. The van der Waals surface area contributed by atoms with Crippen molar-refractivity contribution in [1.82, 2.24) is 5.32 Å². The van der Waals surface area contributed by atoms with Gasteiger partial charge in [-0.1, -0.05) is 0 Å². The molecule has 0 aromatic heterocycles. The van der Waals surface area contributed by atoms with Crippen LogP contribution in [0.2, 0.25) is 0 Å². The van der Waals surface area contributed by atoms with E-state index in [9.17, 15) is 4.79 Å². The standard InChI is InChI=1S/C15H20IN3O3/c1-17-9-12-10-19(15(20)22-12)11-2-3-14(13(16)8-11)18-4-6-21-7-5-18/h2-3,8,12,17H,4-7,9-10H2,1H3/t12-/m0/s1. The minimum absolute atomic E-state index is 0.0888. The molecule has 2 saturated heterocycles. The maximum Gasteiger partial charge on any atom is 0.414 e. The number of rotatable bonds is 4.